The van der Waals surface area contributed by atoms with E-state index in [0.29, 0.717) is 0 Å². The summed E-state index contributed by atoms with van der Waals surface area (Å²) in [5, 5.41) is 0. The van der Waals surface area contributed by atoms with Crippen LogP contribution in [0, 0.1) is 0 Å². The van der Waals surface area contributed by atoms with Crippen LogP contribution in [-0.2, 0) is 4.79 Å². The van der Waals surface area contributed by atoms with Crippen LogP contribution in [0.25, 0.3) is 0 Å². The van der Waals surface area contributed by atoms with Crippen LogP contribution in [0.5, 0.6) is 0 Å². The van der Waals surface area contributed by atoms with Gasteiger partial charge in [-0.2, -0.15) is 0 Å². The molecule has 0 amide bonds. The highest BCUT2D eigenvalue weighted by atomic mass is 19.1. The molecule has 2 atom stereocenters. The first kappa shape index (κ1) is 6.39. The first-order valence-electron chi connectivity index (χ1n) is 2.69. The molecule has 0 fully saturated rings. The number of allylic oxidation sites excluding steroid dienone is 2. The molecule has 1 aliphatic rings. The highest BCUT2D eigenvalue weighted by Gasteiger charge is 2.22. The third-order valence-corrected chi connectivity index (χ3v) is 1.19. The standard InChI is InChI=1S/C6H6F2O/c7-4-1-2-5(8)6(9)3-4/h1-2,4-5H,3H2. The first-order valence-corrected chi connectivity index (χ1v) is 2.69. The van der Waals surface area contributed by atoms with Crippen LogP contribution < -0.4 is 0 Å². The molecule has 0 aromatic heterocycles. The third-order valence-electron chi connectivity index (χ3n) is 1.19. The van der Waals surface area contributed by atoms with Gasteiger partial charge in [0.15, 0.2) is 12.0 Å². The number of halogens is 2. The fourth-order valence-electron chi connectivity index (χ4n) is 0.698. The molecule has 1 aliphatic carbocycles. The molecule has 0 N–H and O–H groups in total. The molecule has 0 saturated heterocycles. The van der Waals surface area contributed by atoms with Crippen molar-refractivity contribution in [3.8, 4) is 0 Å². The van der Waals surface area contributed by atoms with E-state index in [4.69, 9.17) is 0 Å². The molecule has 0 aliphatic heterocycles. The summed E-state index contributed by atoms with van der Waals surface area (Å²) in [6.45, 7) is 0. The molecule has 1 rings (SSSR count). The minimum absolute atomic E-state index is 0.308. The Balaban J connectivity index is 2.65. The number of rotatable bonds is 0. The van der Waals surface area contributed by atoms with Crippen molar-refractivity contribution in [2.45, 2.75) is 18.8 Å². The van der Waals surface area contributed by atoms with Crippen molar-refractivity contribution in [3.05, 3.63) is 12.2 Å². The van der Waals surface area contributed by atoms with Gasteiger partial charge in [-0.05, 0) is 6.08 Å². The van der Waals surface area contributed by atoms with Crippen LogP contribution in [-0.4, -0.2) is 18.1 Å². The molecule has 0 saturated carbocycles. The molecule has 0 aromatic carbocycles. The van der Waals surface area contributed by atoms with E-state index in [2.05, 4.69) is 0 Å². The number of carbonyl (C=O) groups excluding carboxylic acids is 1. The van der Waals surface area contributed by atoms with Crippen LogP contribution in [0.3, 0.4) is 0 Å². The highest BCUT2D eigenvalue weighted by Crippen LogP contribution is 2.12. The summed E-state index contributed by atoms with van der Waals surface area (Å²) < 4.78 is 24.3. The predicted octanol–water partition coefficient (Wildman–Crippen LogP) is 1.19. The maximum Gasteiger partial charge on any atom is 0.176 e. The fourth-order valence-corrected chi connectivity index (χ4v) is 0.698. The molecule has 50 valence electrons. The number of alkyl halides is 2. The zero-order chi connectivity index (χ0) is 6.85. The Labute approximate surface area is 51.4 Å². The summed E-state index contributed by atoms with van der Waals surface area (Å²) >= 11 is 0. The van der Waals surface area contributed by atoms with E-state index in [1.165, 1.54) is 0 Å². The van der Waals surface area contributed by atoms with Crippen molar-refractivity contribution in [1.29, 1.82) is 0 Å². The topological polar surface area (TPSA) is 17.1 Å². The Morgan fingerprint density at radius 3 is 2.56 bits per heavy atom. The van der Waals surface area contributed by atoms with Gasteiger partial charge in [0.1, 0.15) is 6.17 Å². The Morgan fingerprint density at radius 2 is 2.11 bits per heavy atom. The van der Waals surface area contributed by atoms with Crippen molar-refractivity contribution in [2.75, 3.05) is 0 Å². The minimum Gasteiger partial charge on any atom is -0.296 e. The molecular formula is C6H6F2O. The van der Waals surface area contributed by atoms with Crippen LogP contribution in [0.4, 0.5) is 8.78 Å². The van der Waals surface area contributed by atoms with Crippen molar-refractivity contribution in [3.63, 3.8) is 0 Å². The predicted molar refractivity (Wildman–Crippen MR) is 28.6 cm³/mol. The fraction of sp³-hybridized carbons (Fsp3) is 0.500. The van der Waals surface area contributed by atoms with Crippen LogP contribution in [0.2, 0.25) is 0 Å². The van der Waals surface area contributed by atoms with Gasteiger partial charge in [0.25, 0.3) is 0 Å². The van der Waals surface area contributed by atoms with Gasteiger partial charge in [0.05, 0.1) is 0 Å². The van der Waals surface area contributed by atoms with Crippen molar-refractivity contribution in [1.82, 2.24) is 0 Å². The lowest BCUT2D eigenvalue weighted by Gasteiger charge is -2.09. The van der Waals surface area contributed by atoms with Gasteiger partial charge in [-0.1, -0.05) is 6.08 Å². The quantitative estimate of drug-likeness (QED) is 0.452. The van der Waals surface area contributed by atoms with Gasteiger partial charge in [-0.25, -0.2) is 8.78 Å². The molecule has 2 unspecified atom stereocenters. The Bertz CT molecular complexity index is 153. The molecule has 1 nitrogen and oxygen atoms in total. The van der Waals surface area contributed by atoms with Crippen LogP contribution in [0.15, 0.2) is 12.2 Å². The average Bonchev–Trinajstić information content (AvgIpc) is 1.80. The van der Waals surface area contributed by atoms with E-state index in [-0.39, 0.29) is 6.42 Å². The van der Waals surface area contributed by atoms with Gasteiger partial charge in [-0.3, -0.25) is 4.79 Å². The SMILES string of the molecule is O=C1CC(F)C=CC1F. The zero-order valence-electron chi connectivity index (χ0n) is 4.68. The summed E-state index contributed by atoms with van der Waals surface area (Å²) in [6.07, 6.45) is -1.12. The van der Waals surface area contributed by atoms with Gasteiger partial charge in [0, 0.05) is 6.42 Å². The number of hydrogen-bond donors (Lipinski definition) is 0. The second kappa shape index (κ2) is 2.25. The number of carbonyl (C=O) groups is 1. The normalized spacial score (nSPS) is 35.1. The first-order chi connectivity index (χ1) is 4.20. The third kappa shape index (κ3) is 1.34. The van der Waals surface area contributed by atoms with E-state index < -0.39 is 18.1 Å². The molecule has 0 heterocycles. The van der Waals surface area contributed by atoms with E-state index in [1.807, 2.05) is 0 Å². The lowest BCUT2D eigenvalue weighted by Crippen LogP contribution is -2.21. The number of ketones is 1. The van der Waals surface area contributed by atoms with Crippen molar-refractivity contribution >= 4 is 5.78 Å². The number of hydrogen-bond acceptors (Lipinski definition) is 1. The lowest BCUT2D eigenvalue weighted by atomic mass is 10.0. The smallest absolute Gasteiger partial charge is 0.176 e. The number of Topliss-reactive ketones (excluding diaryl/α,β-unsaturated/α-hetero) is 1. The van der Waals surface area contributed by atoms with Crippen molar-refractivity contribution < 1.29 is 13.6 Å². The van der Waals surface area contributed by atoms with E-state index in [9.17, 15) is 13.6 Å². The zero-order valence-corrected chi connectivity index (χ0v) is 4.68. The molecule has 0 radical (unpaired) electrons. The van der Waals surface area contributed by atoms with E-state index >= 15 is 0 Å². The van der Waals surface area contributed by atoms with E-state index in [1.54, 1.807) is 0 Å². The van der Waals surface area contributed by atoms with Crippen LogP contribution in [0.1, 0.15) is 6.42 Å². The Hall–Kier alpha value is -0.730. The summed E-state index contributed by atoms with van der Waals surface area (Å²) in [5.41, 5.74) is 0. The molecule has 3 heteroatoms. The monoisotopic (exact) mass is 132 g/mol. The summed E-state index contributed by atoms with van der Waals surface area (Å²) in [4.78, 5) is 10.3. The second-order valence-electron chi connectivity index (χ2n) is 1.97. The lowest BCUT2D eigenvalue weighted by molar-refractivity contribution is -0.123. The largest absolute Gasteiger partial charge is 0.296 e. The Kier molecular flexibility index (Phi) is 1.60. The second-order valence-corrected chi connectivity index (χ2v) is 1.97. The molecule has 0 bridgehead atoms. The van der Waals surface area contributed by atoms with Crippen LogP contribution >= 0.6 is 0 Å². The van der Waals surface area contributed by atoms with Gasteiger partial charge < -0.3 is 0 Å². The summed E-state index contributed by atoms with van der Waals surface area (Å²) in [7, 11) is 0. The highest BCUT2D eigenvalue weighted by molar-refractivity contribution is 5.86. The van der Waals surface area contributed by atoms with Gasteiger partial charge >= 0.3 is 0 Å². The summed E-state index contributed by atoms with van der Waals surface area (Å²) in [5.74, 6) is -0.662. The average molecular weight is 132 g/mol. The maximum atomic E-state index is 12.1. The molecule has 0 aromatic rings. The van der Waals surface area contributed by atoms with Gasteiger partial charge in [-0.15, -0.1) is 0 Å². The Morgan fingerprint density at radius 1 is 1.44 bits per heavy atom. The van der Waals surface area contributed by atoms with Gasteiger partial charge in [0.2, 0.25) is 0 Å². The molecule has 9 heavy (non-hydrogen) atoms. The van der Waals surface area contributed by atoms with Crippen molar-refractivity contribution in [2.24, 2.45) is 0 Å². The van der Waals surface area contributed by atoms with E-state index in [0.717, 1.165) is 12.2 Å². The maximum absolute atomic E-state index is 12.1. The molecular weight excluding hydrogens is 126 g/mol. The molecule has 0 spiro atoms. The minimum atomic E-state index is -1.57. The summed E-state index contributed by atoms with van der Waals surface area (Å²) in [6, 6.07) is 0.